The quantitative estimate of drug-likeness (QED) is 0.750. The summed E-state index contributed by atoms with van der Waals surface area (Å²) in [5.41, 5.74) is 3.70. The second-order valence-corrected chi connectivity index (χ2v) is 6.36. The number of fused-ring (bicyclic) bond motifs is 1. The van der Waals surface area contributed by atoms with Crippen LogP contribution in [0.15, 0.2) is 36.5 Å². The van der Waals surface area contributed by atoms with Gasteiger partial charge in [0.05, 0.1) is 11.7 Å². The average molecular weight is 385 g/mol. The van der Waals surface area contributed by atoms with Crippen molar-refractivity contribution in [3.63, 3.8) is 0 Å². The number of anilines is 1. The fraction of sp³-hybridized carbons (Fsp3) is 0.267. The number of pyridine rings is 1. The van der Waals surface area contributed by atoms with E-state index in [9.17, 15) is 0 Å². The molecular formula is C15H14ClIN2. The maximum Gasteiger partial charge on any atom is 0.0688 e. The van der Waals surface area contributed by atoms with E-state index in [0.717, 1.165) is 27.1 Å². The lowest BCUT2D eigenvalue weighted by molar-refractivity contribution is 0.583. The predicted molar refractivity (Wildman–Crippen MR) is 87.7 cm³/mol. The zero-order chi connectivity index (χ0) is 13.2. The summed E-state index contributed by atoms with van der Waals surface area (Å²) in [6.45, 7) is 0. The maximum atomic E-state index is 6.00. The lowest BCUT2D eigenvalue weighted by Gasteiger charge is -2.26. The van der Waals surface area contributed by atoms with Gasteiger partial charge >= 0.3 is 0 Å². The Morgan fingerprint density at radius 1 is 1.32 bits per heavy atom. The average Bonchev–Trinajstić information content (AvgIpc) is 2.42. The third kappa shape index (κ3) is 2.87. The Kier molecular flexibility index (Phi) is 3.93. The summed E-state index contributed by atoms with van der Waals surface area (Å²) in [5, 5.41) is 4.38. The van der Waals surface area contributed by atoms with Gasteiger partial charge in [-0.05, 0) is 71.7 Å². The first-order valence-corrected chi connectivity index (χ1v) is 7.85. The molecule has 3 rings (SSSR count). The molecule has 0 bridgehead atoms. The first kappa shape index (κ1) is 13.2. The van der Waals surface area contributed by atoms with Gasteiger partial charge in [-0.15, -0.1) is 0 Å². The van der Waals surface area contributed by atoms with Gasteiger partial charge in [-0.2, -0.15) is 0 Å². The molecule has 19 heavy (non-hydrogen) atoms. The van der Waals surface area contributed by atoms with Crippen LogP contribution in [-0.4, -0.2) is 4.98 Å². The highest BCUT2D eigenvalue weighted by molar-refractivity contribution is 14.1. The minimum atomic E-state index is 0.305. The standard InChI is InChI=1S/C15H14ClIN2/c16-11-6-7-13(12(17)9-11)19-14-5-1-3-10-4-2-8-18-15(10)14/h2,4,6-9,14,19H,1,3,5H2. The number of benzene rings is 1. The molecule has 0 spiro atoms. The molecule has 0 aliphatic heterocycles. The molecule has 2 nitrogen and oxygen atoms in total. The monoisotopic (exact) mass is 384 g/mol. The molecule has 1 atom stereocenters. The number of halogens is 2. The van der Waals surface area contributed by atoms with Gasteiger partial charge in [-0.3, -0.25) is 4.98 Å². The number of nitrogens with one attached hydrogen (secondary N) is 1. The Hall–Kier alpha value is -0.810. The van der Waals surface area contributed by atoms with Crippen LogP contribution in [0.2, 0.25) is 5.02 Å². The van der Waals surface area contributed by atoms with Crippen LogP contribution in [0.4, 0.5) is 5.69 Å². The first-order chi connectivity index (χ1) is 9.24. The van der Waals surface area contributed by atoms with E-state index in [1.54, 1.807) is 0 Å². The van der Waals surface area contributed by atoms with Crippen LogP contribution in [0.3, 0.4) is 0 Å². The van der Waals surface area contributed by atoms with Crippen molar-refractivity contribution < 1.29 is 0 Å². The van der Waals surface area contributed by atoms with Crippen LogP contribution < -0.4 is 5.32 Å². The van der Waals surface area contributed by atoms with Crippen LogP contribution in [0.5, 0.6) is 0 Å². The van der Waals surface area contributed by atoms with E-state index < -0.39 is 0 Å². The molecule has 4 heteroatoms. The van der Waals surface area contributed by atoms with E-state index in [-0.39, 0.29) is 0 Å². The molecular weight excluding hydrogens is 371 g/mol. The maximum absolute atomic E-state index is 6.00. The number of hydrogen-bond acceptors (Lipinski definition) is 2. The van der Waals surface area contributed by atoms with Gasteiger partial charge in [-0.25, -0.2) is 0 Å². The Bertz CT molecular complexity index is 600. The minimum Gasteiger partial charge on any atom is -0.376 e. The normalized spacial score (nSPS) is 17.9. The number of rotatable bonds is 2. The number of hydrogen-bond donors (Lipinski definition) is 1. The molecule has 2 aromatic rings. The Labute approximate surface area is 131 Å². The van der Waals surface area contributed by atoms with Crippen LogP contribution in [0, 0.1) is 3.57 Å². The van der Waals surface area contributed by atoms with Crippen LogP contribution in [0.25, 0.3) is 0 Å². The summed E-state index contributed by atoms with van der Waals surface area (Å²) >= 11 is 8.31. The highest BCUT2D eigenvalue weighted by atomic mass is 127. The van der Waals surface area contributed by atoms with E-state index in [0.29, 0.717) is 6.04 Å². The summed E-state index contributed by atoms with van der Waals surface area (Å²) in [7, 11) is 0. The molecule has 0 saturated carbocycles. The van der Waals surface area contributed by atoms with Gasteiger partial charge in [0, 0.05) is 20.5 Å². The zero-order valence-electron chi connectivity index (χ0n) is 10.4. The van der Waals surface area contributed by atoms with Gasteiger partial charge in [0.15, 0.2) is 0 Å². The Balaban J connectivity index is 1.88. The Morgan fingerprint density at radius 3 is 3.05 bits per heavy atom. The largest absolute Gasteiger partial charge is 0.376 e. The molecule has 98 valence electrons. The molecule has 0 saturated heterocycles. The molecule has 1 aromatic heterocycles. The van der Waals surface area contributed by atoms with Gasteiger partial charge in [0.25, 0.3) is 0 Å². The van der Waals surface area contributed by atoms with E-state index in [2.05, 4.69) is 39.0 Å². The van der Waals surface area contributed by atoms with E-state index in [1.807, 2.05) is 30.5 Å². The SMILES string of the molecule is Clc1ccc(NC2CCCc3cccnc32)c(I)c1. The van der Waals surface area contributed by atoms with Crippen molar-refractivity contribution in [1.29, 1.82) is 0 Å². The summed E-state index contributed by atoms with van der Waals surface area (Å²) in [6.07, 6.45) is 5.36. The number of nitrogens with zero attached hydrogens (tertiary/aromatic N) is 1. The van der Waals surface area contributed by atoms with Crippen molar-refractivity contribution in [2.45, 2.75) is 25.3 Å². The van der Waals surface area contributed by atoms with Crippen molar-refractivity contribution in [2.24, 2.45) is 0 Å². The van der Waals surface area contributed by atoms with Crippen LogP contribution >= 0.6 is 34.2 Å². The summed E-state index contributed by atoms with van der Waals surface area (Å²) in [6, 6.07) is 10.5. The lowest BCUT2D eigenvalue weighted by Crippen LogP contribution is -2.19. The molecule has 1 heterocycles. The smallest absolute Gasteiger partial charge is 0.0688 e. The molecule has 0 radical (unpaired) electrons. The van der Waals surface area contributed by atoms with E-state index in [1.165, 1.54) is 17.7 Å². The van der Waals surface area contributed by atoms with Crippen molar-refractivity contribution in [3.8, 4) is 0 Å². The van der Waals surface area contributed by atoms with E-state index >= 15 is 0 Å². The Morgan fingerprint density at radius 2 is 2.21 bits per heavy atom. The fourth-order valence-electron chi connectivity index (χ4n) is 2.54. The second kappa shape index (κ2) is 5.67. The van der Waals surface area contributed by atoms with Gasteiger partial charge < -0.3 is 5.32 Å². The third-order valence-corrected chi connectivity index (χ3v) is 4.58. The zero-order valence-corrected chi connectivity index (χ0v) is 13.3. The molecule has 1 aliphatic carbocycles. The molecule has 1 aromatic carbocycles. The fourth-order valence-corrected chi connectivity index (χ4v) is 3.57. The lowest BCUT2D eigenvalue weighted by atomic mass is 9.92. The topological polar surface area (TPSA) is 24.9 Å². The highest BCUT2D eigenvalue weighted by Crippen LogP contribution is 2.32. The van der Waals surface area contributed by atoms with Crippen LogP contribution in [0.1, 0.15) is 30.1 Å². The van der Waals surface area contributed by atoms with Crippen molar-refractivity contribution in [2.75, 3.05) is 5.32 Å². The summed E-state index contributed by atoms with van der Waals surface area (Å²) in [5.74, 6) is 0. The molecule has 1 N–H and O–H groups in total. The van der Waals surface area contributed by atoms with Crippen molar-refractivity contribution in [3.05, 3.63) is 56.4 Å². The van der Waals surface area contributed by atoms with Crippen LogP contribution in [-0.2, 0) is 6.42 Å². The number of aryl methyl sites for hydroxylation is 1. The minimum absolute atomic E-state index is 0.305. The molecule has 0 amide bonds. The predicted octanol–water partition coefficient (Wildman–Crippen LogP) is 4.83. The van der Waals surface area contributed by atoms with E-state index in [4.69, 9.17) is 11.6 Å². The molecule has 1 unspecified atom stereocenters. The number of aromatic nitrogens is 1. The summed E-state index contributed by atoms with van der Waals surface area (Å²) < 4.78 is 1.15. The first-order valence-electron chi connectivity index (χ1n) is 6.39. The molecule has 0 fully saturated rings. The third-order valence-electron chi connectivity index (χ3n) is 3.46. The van der Waals surface area contributed by atoms with Gasteiger partial charge in [0.2, 0.25) is 0 Å². The van der Waals surface area contributed by atoms with Crippen molar-refractivity contribution in [1.82, 2.24) is 4.98 Å². The highest BCUT2D eigenvalue weighted by Gasteiger charge is 2.21. The van der Waals surface area contributed by atoms with Gasteiger partial charge in [-0.1, -0.05) is 17.7 Å². The summed E-state index contributed by atoms with van der Waals surface area (Å²) in [4.78, 5) is 4.55. The second-order valence-electron chi connectivity index (χ2n) is 4.76. The molecule has 1 aliphatic rings. The van der Waals surface area contributed by atoms with Gasteiger partial charge in [0.1, 0.15) is 0 Å². The van der Waals surface area contributed by atoms with Crippen molar-refractivity contribution >= 4 is 39.9 Å².